The van der Waals surface area contributed by atoms with Gasteiger partial charge in [-0.3, -0.25) is 4.79 Å². The van der Waals surface area contributed by atoms with Crippen LogP contribution in [0.1, 0.15) is 9.67 Å². The maximum atomic E-state index is 13.3. The fraction of sp³-hybridized carbons (Fsp3) is 0. The number of benzene rings is 2. The quantitative estimate of drug-likeness (QED) is 0.549. The van der Waals surface area contributed by atoms with Gasteiger partial charge in [-0.25, -0.2) is 4.39 Å². The molecular weight excluding hydrogens is 365 g/mol. The van der Waals surface area contributed by atoms with Gasteiger partial charge in [0.1, 0.15) is 10.7 Å². The van der Waals surface area contributed by atoms with Crippen LogP contribution in [0.4, 0.5) is 10.1 Å². The first kappa shape index (κ1) is 15.7. The zero-order chi connectivity index (χ0) is 17.4. The molecule has 0 fully saturated rings. The molecule has 2 heterocycles. The third-order valence-corrected chi connectivity index (χ3v) is 5.18. The second-order valence-electron chi connectivity index (χ2n) is 5.16. The van der Waals surface area contributed by atoms with Crippen LogP contribution in [0.3, 0.4) is 0 Å². The standard InChI is InChI=1S/C17H9ClFN3O2S/c18-14-12-5-4-10(19)7-13(12)25-15(14)16(23)21-11-3-1-2-9(6-11)17-22-20-8-24-17/h1-8H,(H,21,23). The topological polar surface area (TPSA) is 68.0 Å². The molecule has 8 heteroatoms. The van der Waals surface area contributed by atoms with Crippen LogP contribution in [0, 0.1) is 5.82 Å². The second kappa shape index (κ2) is 6.27. The number of amides is 1. The number of carbonyl (C=O) groups is 1. The molecule has 1 N–H and O–H groups in total. The van der Waals surface area contributed by atoms with E-state index in [1.54, 1.807) is 30.3 Å². The molecule has 5 nitrogen and oxygen atoms in total. The summed E-state index contributed by atoms with van der Waals surface area (Å²) in [6.45, 7) is 0. The van der Waals surface area contributed by atoms with Crippen molar-refractivity contribution in [1.29, 1.82) is 0 Å². The van der Waals surface area contributed by atoms with E-state index in [1.165, 1.54) is 18.5 Å². The molecule has 0 radical (unpaired) electrons. The van der Waals surface area contributed by atoms with E-state index in [0.29, 0.717) is 37.1 Å². The van der Waals surface area contributed by atoms with Crippen LogP contribution in [-0.2, 0) is 0 Å². The molecule has 25 heavy (non-hydrogen) atoms. The Morgan fingerprint density at radius 3 is 2.92 bits per heavy atom. The number of halogens is 2. The van der Waals surface area contributed by atoms with Gasteiger partial charge in [0.15, 0.2) is 0 Å². The number of fused-ring (bicyclic) bond motifs is 1. The Balaban J connectivity index is 1.64. The number of nitrogens with zero attached hydrogens (tertiary/aromatic N) is 2. The van der Waals surface area contributed by atoms with Gasteiger partial charge in [0.25, 0.3) is 5.91 Å². The minimum Gasteiger partial charge on any atom is -0.423 e. The number of rotatable bonds is 3. The molecule has 0 atom stereocenters. The summed E-state index contributed by atoms with van der Waals surface area (Å²) in [5.74, 6) is -0.384. The average molecular weight is 374 g/mol. The molecule has 0 bridgehead atoms. The van der Waals surface area contributed by atoms with Crippen LogP contribution in [0.5, 0.6) is 0 Å². The predicted octanol–water partition coefficient (Wildman–Crippen LogP) is 5.00. The van der Waals surface area contributed by atoms with Crippen molar-refractivity contribution in [3.05, 3.63) is 64.6 Å². The molecule has 4 aromatic rings. The zero-order valence-corrected chi connectivity index (χ0v) is 14.1. The number of nitrogens with one attached hydrogen (secondary N) is 1. The Bertz CT molecular complexity index is 1080. The van der Waals surface area contributed by atoms with Gasteiger partial charge in [0.05, 0.1) is 5.02 Å². The highest BCUT2D eigenvalue weighted by atomic mass is 35.5. The highest BCUT2D eigenvalue weighted by Gasteiger charge is 2.18. The summed E-state index contributed by atoms with van der Waals surface area (Å²) in [6, 6.07) is 11.2. The van der Waals surface area contributed by atoms with E-state index in [0.717, 1.165) is 11.3 Å². The molecule has 2 aromatic heterocycles. The fourth-order valence-corrected chi connectivity index (χ4v) is 3.84. The van der Waals surface area contributed by atoms with E-state index in [2.05, 4.69) is 15.5 Å². The van der Waals surface area contributed by atoms with Gasteiger partial charge < -0.3 is 9.73 Å². The van der Waals surface area contributed by atoms with Gasteiger partial charge in [0.2, 0.25) is 12.3 Å². The summed E-state index contributed by atoms with van der Waals surface area (Å²) in [5, 5.41) is 11.2. The van der Waals surface area contributed by atoms with Crippen molar-refractivity contribution in [2.45, 2.75) is 0 Å². The van der Waals surface area contributed by atoms with E-state index in [-0.39, 0.29) is 11.7 Å². The van der Waals surface area contributed by atoms with Crippen molar-refractivity contribution in [3.8, 4) is 11.5 Å². The molecule has 1 amide bonds. The predicted molar refractivity (Wildman–Crippen MR) is 94.5 cm³/mol. The van der Waals surface area contributed by atoms with Crippen molar-refractivity contribution >= 4 is 44.6 Å². The van der Waals surface area contributed by atoms with Crippen LogP contribution in [0.15, 0.2) is 53.3 Å². The lowest BCUT2D eigenvalue weighted by Crippen LogP contribution is -2.10. The van der Waals surface area contributed by atoms with Gasteiger partial charge >= 0.3 is 0 Å². The summed E-state index contributed by atoms with van der Waals surface area (Å²) in [4.78, 5) is 12.9. The van der Waals surface area contributed by atoms with Gasteiger partial charge in [0, 0.05) is 21.3 Å². The normalized spacial score (nSPS) is 11.0. The van der Waals surface area contributed by atoms with Crippen LogP contribution in [0.2, 0.25) is 5.02 Å². The molecule has 0 saturated heterocycles. The van der Waals surface area contributed by atoms with Crippen molar-refractivity contribution in [3.63, 3.8) is 0 Å². The zero-order valence-electron chi connectivity index (χ0n) is 12.5. The monoisotopic (exact) mass is 373 g/mol. The first-order chi connectivity index (χ1) is 12.1. The third kappa shape index (κ3) is 2.99. The van der Waals surface area contributed by atoms with Crippen LogP contribution >= 0.6 is 22.9 Å². The summed E-state index contributed by atoms with van der Waals surface area (Å²) in [6.07, 6.45) is 1.23. The minimum atomic E-state index is -0.371. The van der Waals surface area contributed by atoms with Gasteiger partial charge in [-0.05, 0) is 36.4 Å². The Kier molecular flexibility index (Phi) is 3.95. The maximum absolute atomic E-state index is 13.3. The maximum Gasteiger partial charge on any atom is 0.267 e. The lowest BCUT2D eigenvalue weighted by molar-refractivity contribution is 0.103. The molecule has 0 saturated carbocycles. The summed E-state index contributed by atoms with van der Waals surface area (Å²) < 4.78 is 19.1. The minimum absolute atomic E-state index is 0.311. The van der Waals surface area contributed by atoms with Crippen molar-refractivity contribution < 1.29 is 13.6 Å². The summed E-state index contributed by atoms with van der Waals surface area (Å²) in [5.41, 5.74) is 1.24. The molecule has 0 aliphatic rings. The third-order valence-electron chi connectivity index (χ3n) is 3.53. The van der Waals surface area contributed by atoms with Gasteiger partial charge in [-0.1, -0.05) is 17.7 Å². The number of hydrogen-bond acceptors (Lipinski definition) is 5. The summed E-state index contributed by atoms with van der Waals surface area (Å²) >= 11 is 7.42. The average Bonchev–Trinajstić information content (AvgIpc) is 3.23. The Morgan fingerprint density at radius 1 is 1.24 bits per heavy atom. The second-order valence-corrected chi connectivity index (χ2v) is 6.59. The molecule has 0 spiro atoms. The van der Waals surface area contributed by atoms with Crippen molar-refractivity contribution in [1.82, 2.24) is 10.2 Å². The molecule has 124 valence electrons. The lowest BCUT2D eigenvalue weighted by Gasteiger charge is -2.05. The highest BCUT2D eigenvalue weighted by Crippen LogP contribution is 2.36. The van der Waals surface area contributed by atoms with E-state index < -0.39 is 0 Å². The van der Waals surface area contributed by atoms with E-state index in [4.69, 9.17) is 16.0 Å². The lowest BCUT2D eigenvalue weighted by atomic mass is 10.2. The van der Waals surface area contributed by atoms with Crippen molar-refractivity contribution in [2.75, 3.05) is 5.32 Å². The number of aromatic nitrogens is 2. The van der Waals surface area contributed by atoms with Crippen LogP contribution in [0.25, 0.3) is 21.5 Å². The van der Waals surface area contributed by atoms with Crippen LogP contribution in [-0.4, -0.2) is 16.1 Å². The van der Waals surface area contributed by atoms with Crippen LogP contribution < -0.4 is 5.32 Å². The number of anilines is 1. The van der Waals surface area contributed by atoms with E-state index >= 15 is 0 Å². The Labute approximate surface area is 150 Å². The largest absolute Gasteiger partial charge is 0.423 e. The Hall–Kier alpha value is -2.77. The molecule has 2 aromatic carbocycles. The molecule has 0 aliphatic carbocycles. The molecular formula is C17H9ClFN3O2S. The number of thiophene rings is 1. The molecule has 0 aliphatic heterocycles. The fourth-order valence-electron chi connectivity index (χ4n) is 2.40. The number of carbonyl (C=O) groups excluding carboxylic acids is 1. The van der Waals surface area contributed by atoms with Crippen molar-refractivity contribution in [2.24, 2.45) is 0 Å². The summed E-state index contributed by atoms with van der Waals surface area (Å²) in [7, 11) is 0. The smallest absolute Gasteiger partial charge is 0.267 e. The number of hydrogen-bond donors (Lipinski definition) is 1. The first-order valence-corrected chi connectivity index (χ1v) is 8.37. The van der Waals surface area contributed by atoms with E-state index in [9.17, 15) is 9.18 Å². The van der Waals surface area contributed by atoms with Gasteiger partial charge in [-0.2, -0.15) is 0 Å². The van der Waals surface area contributed by atoms with E-state index in [1.807, 2.05) is 0 Å². The highest BCUT2D eigenvalue weighted by molar-refractivity contribution is 7.21. The first-order valence-electron chi connectivity index (χ1n) is 7.17. The SMILES string of the molecule is O=C(Nc1cccc(-c2nnco2)c1)c1sc2cc(F)ccc2c1Cl. The molecule has 4 rings (SSSR count). The Morgan fingerprint density at radius 2 is 2.12 bits per heavy atom. The van der Waals surface area contributed by atoms with Gasteiger partial charge in [-0.15, -0.1) is 21.5 Å². The molecule has 0 unspecified atom stereocenters.